The van der Waals surface area contributed by atoms with Crippen LogP contribution in [0.25, 0.3) is 0 Å². The van der Waals surface area contributed by atoms with Gasteiger partial charge in [-0.25, -0.2) is 0 Å². The second kappa shape index (κ2) is 9.90. The summed E-state index contributed by atoms with van der Waals surface area (Å²) < 4.78 is 10.2. The maximum absolute atomic E-state index is 11.4. The maximum Gasteiger partial charge on any atom is 0.316 e. The molecule has 0 spiro atoms. The molecule has 0 unspecified atom stereocenters. The number of hydrogen-bond acceptors (Lipinski definition) is 5. The van der Waals surface area contributed by atoms with Gasteiger partial charge in [0, 0.05) is 10.6 Å². The minimum atomic E-state index is -0.223. The van der Waals surface area contributed by atoms with Crippen molar-refractivity contribution in [2.45, 2.75) is 11.8 Å². The summed E-state index contributed by atoms with van der Waals surface area (Å²) in [5, 5.41) is 6.70. The number of thioether (sulfide) groups is 1. The predicted octanol–water partition coefficient (Wildman–Crippen LogP) is 4.16. The van der Waals surface area contributed by atoms with E-state index >= 15 is 0 Å². The summed E-state index contributed by atoms with van der Waals surface area (Å²) in [5.41, 5.74) is 1.62. The summed E-state index contributed by atoms with van der Waals surface area (Å²) in [6.07, 6.45) is 0. The normalized spacial score (nSPS) is 10.0. The maximum atomic E-state index is 11.4. The van der Waals surface area contributed by atoms with Gasteiger partial charge in [0.15, 0.2) is 5.11 Å². The van der Waals surface area contributed by atoms with E-state index < -0.39 is 0 Å². The minimum Gasteiger partial charge on any atom is -0.495 e. The Hall–Kier alpha value is -2.25. The molecule has 0 saturated heterocycles. The van der Waals surface area contributed by atoms with E-state index in [2.05, 4.69) is 10.6 Å². The molecule has 0 radical (unpaired) electrons. The first-order valence-electron chi connectivity index (χ1n) is 7.72. The summed E-state index contributed by atoms with van der Waals surface area (Å²) in [6.45, 7) is 2.19. The number of ether oxygens (including phenoxy) is 2. The average Bonchev–Trinajstić information content (AvgIpc) is 2.61. The summed E-state index contributed by atoms with van der Waals surface area (Å²) in [5.74, 6) is 0.769. The fourth-order valence-electron chi connectivity index (χ4n) is 2.04. The number of thiocarbonyl (C=S) groups is 1. The van der Waals surface area contributed by atoms with E-state index in [1.54, 1.807) is 14.0 Å². The molecule has 5 nitrogen and oxygen atoms in total. The van der Waals surface area contributed by atoms with E-state index in [1.807, 2.05) is 48.5 Å². The molecular formula is C18H20N2O3S2. The summed E-state index contributed by atoms with van der Waals surface area (Å²) >= 11 is 6.77. The summed E-state index contributed by atoms with van der Waals surface area (Å²) in [7, 11) is 1.61. The first kappa shape index (κ1) is 19.1. The van der Waals surface area contributed by atoms with Gasteiger partial charge in [-0.05, 0) is 49.5 Å². The molecule has 2 N–H and O–H groups in total. The molecular weight excluding hydrogens is 356 g/mol. The van der Waals surface area contributed by atoms with Crippen LogP contribution in [0.2, 0.25) is 0 Å². The monoisotopic (exact) mass is 376 g/mol. The molecule has 0 aliphatic heterocycles. The lowest BCUT2D eigenvalue weighted by atomic mass is 10.3. The Labute approximate surface area is 157 Å². The van der Waals surface area contributed by atoms with Gasteiger partial charge in [0.25, 0.3) is 0 Å². The highest BCUT2D eigenvalue weighted by atomic mass is 32.2. The van der Waals surface area contributed by atoms with Crippen molar-refractivity contribution in [1.82, 2.24) is 0 Å². The number of carbonyl (C=O) groups is 1. The molecule has 0 saturated carbocycles. The lowest BCUT2D eigenvalue weighted by Crippen LogP contribution is -2.19. The van der Waals surface area contributed by atoms with Crippen molar-refractivity contribution >= 4 is 46.4 Å². The Balaban J connectivity index is 1.94. The Morgan fingerprint density at radius 1 is 1.16 bits per heavy atom. The van der Waals surface area contributed by atoms with Crippen LogP contribution in [0.4, 0.5) is 11.4 Å². The Morgan fingerprint density at radius 3 is 2.72 bits per heavy atom. The van der Waals surface area contributed by atoms with Gasteiger partial charge in [0.2, 0.25) is 0 Å². The smallest absolute Gasteiger partial charge is 0.316 e. The van der Waals surface area contributed by atoms with E-state index in [4.69, 9.17) is 21.7 Å². The van der Waals surface area contributed by atoms with Gasteiger partial charge >= 0.3 is 5.97 Å². The van der Waals surface area contributed by atoms with Gasteiger partial charge in [0.05, 0.1) is 25.2 Å². The molecule has 0 aliphatic carbocycles. The summed E-state index contributed by atoms with van der Waals surface area (Å²) in [4.78, 5) is 12.4. The molecule has 2 aromatic rings. The second-order valence-electron chi connectivity index (χ2n) is 4.90. The minimum absolute atomic E-state index is 0.223. The number of anilines is 2. The number of carbonyl (C=O) groups excluding carboxylic acids is 1. The number of para-hydroxylation sites is 2. The van der Waals surface area contributed by atoms with Gasteiger partial charge in [-0.15, -0.1) is 11.8 Å². The summed E-state index contributed by atoms with van der Waals surface area (Å²) in [6, 6.07) is 15.2. The molecule has 0 bridgehead atoms. The zero-order valence-corrected chi connectivity index (χ0v) is 15.7. The van der Waals surface area contributed by atoms with Crippen molar-refractivity contribution in [2.24, 2.45) is 0 Å². The first-order chi connectivity index (χ1) is 12.1. The quantitative estimate of drug-likeness (QED) is 0.427. The highest BCUT2D eigenvalue weighted by Crippen LogP contribution is 2.24. The topological polar surface area (TPSA) is 59.6 Å². The number of hydrogen-bond donors (Lipinski definition) is 2. The fourth-order valence-corrected chi connectivity index (χ4v) is 3.02. The molecule has 0 heterocycles. The van der Waals surface area contributed by atoms with Crippen LogP contribution < -0.4 is 15.4 Å². The molecule has 0 aliphatic rings. The van der Waals surface area contributed by atoms with Gasteiger partial charge < -0.3 is 20.1 Å². The van der Waals surface area contributed by atoms with Crippen LogP contribution >= 0.6 is 24.0 Å². The fraction of sp³-hybridized carbons (Fsp3) is 0.222. The van der Waals surface area contributed by atoms with Crippen molar-refractivity contribution < 1.29 is 14.3 Å². The van der Waals surface area contributed by atoms with Crippen LogP contribution in [-0.4, -0.2) is 30.6 Å². The number of methoxy groups -OCH3 is 1. The van der Waals surface area contributed by atoms with Crippen LogP contribution in [0.3, 0.4) is 0 Å². The lowest BCUT2D eigenvalue weighted by Gasteiger charge is -2.13. The highest BCUT2D eigenvalue weighted by molar-refractivity contribution is 8.00. The van der Waals surface area contributed by atoms with Crippen LogP contribution in [0.15, 0.2) is 53.4 Å². The van der Waals surface area contributed by atoms with E-state index in [1.165, 1.54) is 11.8 Å². The van der Waals surface area contributed by atoms with Crippen molar-refractivity contribution in [3.05, 3.63) is 48.5 Å². The largest absolute Gasteiger partial charge is 0.495 e. The average molecular weight is 377 g/mol. The second-order valence-corrected chi connectivity index (χ2v) is 6.36. The first-order valence-corrected chi connectivity index (χ1v) is 9.11. The molecule has 0 aromatic heterocycles. The number of esters is 1. The third kappa shape index (κ3) is 6.28. The van der Waals surface area contributed by atoms with Gasteiger partial charge in [0.1, 0.15) is 5.75 Å². The van der Waals surface area contributed by atoms with Gasteiger partial charge in [-0.1, -0.05) is 18.2 Å². The molecule has 132 valence electrons. The number of benzene rings is 2. The van der Waals surface area contributed by atoms with Crippen molar-refractivity contribution in [1.29, 1.82) is 0 Å². The van der Waals surface area contributed by atoms with E-state index in [-0.39, 0.29) is 11.7 Å². The van der Waals surface area contributed by atoms with Gasteiger partial charge in [-0.2, -0.15) is 0 Å². The number of nitrogens with one attached hydrogen (secondary N) is 2. The molecule has 7 heteroatoms. The molecule has 25 heavy (non-hydrogen) atoms. The van der Waals surface area contributed by atoms with Crippen LogP contribution in [0.1, 0.15) is 6.92 Å². The van der Waals surface area contributed by atoms with Crippen LogP contribution in [0, 0.1) is 0 Å². The van der Waals surface area contributed by atoms with E-state index in [0.29, 0.717) is 17.5 Å². The van der Waals surface area contributed by atoms with Crippen molar-refractivity contribution in [3.8, 4) is 5.75 Å². The molecule has 0 fully saturated rings. The Bertz CT molecular complexity index is 738. The third-order valence-electron chi connectivity index (χ3n) is 3.11. The molecule has 2 aromatic carbocycles. The van der Waals surface area contributed by atoms with E-state index in [0.717, 1.165) is 16.3 Å². The van der Waals surface area contributed by atoms with Crippen LogP contribution in [-0.2, 0) is 9.53 Å². The standard InChI is InChI=1S/C18H20N2O3S2/c1-3-23-17(21)12-25-14-8-6-7-13(11-14)19-18(24)20-15-9-4-5-10-16(15)22-2/h4-11H,3,12H2,1-2H3,(H2,19,20,24). The Morgan fingerprint density at radius 2 is 1.96 bits per heavy atom. The van der Waals surface area contributed by atoms with Crippen molar-refractivity contribution in [3.63, 3.8) is 0 Å². The zero-order valence-electron chi connectivity index (χ0n) is 14.1. The predicted molar refractivity (Wildman–Crippen MR) is 107 cm³/mol. The SMILES string of the molecule is CCOC(=O)CSc1cccc(NC(=S)Nc2ccccc2OC)c1. The highest BCUT2D eigenvalue weighted by Gasteiger charge is 2.06. The Kier molecular flexibility index (Phi) is 7.56. The molecule has 0 atom stereocenters. The van der Waals surface area contributed by atoms with E-state index in [9.17, 15) is 4.79 Å². The molecule has 2 rings (SSSR count). The third-order valence-corrected chi connectivity index (χ3v) is 4.28. The lowest BCUT2D eigenvalue weighted by molar-refractivity contribution is -0.139. The number of rotatable bonds is 7. The zero-order chi connectivity index (χ0) is 18.1. The van der Waals surface area contributed by atoms with Gasteiger partial charge in [-0.3, -0.25) is 4.79 Å². The molecule has 0 amide bonds. The van der Waals surface area contributed by atoms with Crippen LogP contribution in [0.5, 0.6) is 5.75 Å². The van der Waals surface area contributed by atoms with Crippen molar-refractivity contribution in [2.75, 3.05) is 30.1 Å².